The summed E-state index contributed by atoms with van der Waals surface area (Å²) >= 11 is 0. The normalized spacial score (nSPS) is 16.4. The van der Waals surface area contributed by atoms with Crippen molar-refractivity contribution in [3.8, 4) is 0 Å². The van der Waals surface area contributed by atoms with Crippen molar-refractivity contribution in [2.45, 2.75) is 32.1 Å². The Balaban J connectivity index is 0.000000249. The molecule has 1 aromatic rings. The van der Waals surface area contributed by atoms with Crippen molar-refractivity contribution in [3.05, 3.63) is 35.4 Å². The molecule has 2 rings (SSSR count). The van der Waals surface area contributed by atoms with E-state index in [1.165, 1.54) is 11.1 Å². The molecule has 1 aromatic carbocycles. The standard InChI is InChI=1S/C11H12O.C3H6O2/c12-8-7-10-6-5-9-3-1-2-4-11(9)10;1-2-5-3-4/h1-4,8,10H,5-7H2;3H,2H2,1H3. The van der Waals surface area contributed by atoms with Gasteiger partial charge in [0, 0.05) is 6.42 Å². The summed E-state index contributed by atoms with van der Waals surface area (Å²) in [5.41, 5.74) is 2.83. The molecular weight excluding hydrogens is 216 g/mol. The summed E-state index contributed by atoms with van der Waals surface area (Å²) in [4.78, 5) is 19.6. The Bertz CT molecular complexity index is 360. The minimum absolute atomic E-state index is 0.431. The second kappa shape index (κ2) is 7.60. The predicted octanol–water partition coefficient (Wildman–Crippen LogP) is 2.48. The topological polar surface area (TPSA) is 43.4 Å². The summed E-state index contributed by atoms with van der Waals surface area (Å²) in [7, 11) is 0. The van der Waals surface area contributed by atoms with Crippen LogP contribution in [0.2, 0.25) is 0 Å². The highest BCUT2D eigenvalue weighted by molar-refractivity contribution is 5.53. The van der Waals surface area contributed by atoms with Crippen LogP contribution in [-0.4, -0.2) is 19.4 Å². The van der Waals surface area contributed by atoms with Crippen molar-refractivity contribution in [1.29, 1.82) is 0 Å². The quantitative estimate of drug-likeness (QED) is 0.752. The van der Waals surface area contributed by atoms with Crippen molar-refractivity contribution in [2.75, 3.05) is 6.61 Å². The SMILES string of the molecule is CCOC=O.O=CCC1CCc2ccccc21. The number of fused-ring (bicyclic) bond motifs is 1. The first-order valence-electron chi connectivity index (χ1n) is 5.90. The highest BCUT2D eigenvalue weighted by Crippen LogP contribution is 2.34. The van der Waals surface area contributed by atoms with E-state index in [0.717, 1.165) is 19.1 Å². The number of hydrogen-bond donors (Lipinski definition) is 0. The summed E-state index contributed by atoms with van der Waals surface area (Å²) in [6.07, 6.45) is 4.02. The van der Waals surface area contributed by atoms with Crippen LogP contribution in [0, 0.1) is 0 Å². The van der Waals surface area contributed by atoms with Crippen LogP contribution >= 0.6 is 0 Å². The fraction of sp³-hybridized carbons (Fsp3) is 0.429. The van der Waals surface area contributed by atoms with E-state index in [4.69, 9.17) is 0 Å². The van der Waals surface area contributed by atoms with E-state index >= 15 is 0 Å². The van der Waals surface area contributed by atoms with E-state index in [1.807, 2.05) is 0 Å². The number of carbonyl (C=O) groups is 2. The van der Waals surface area contributed by atoms with Gasteiger partial charge in [-0.25, -0.2) is 0 Å². The molecule has 3 heteroatoms. The Morgan fingerprint density at radius 3 is 2.71 bits per heavy atom. The molecule has 0 amide bonds. The Morgan fingerprint density at radius 1 is 1.35 bits per heavy atom. The third kappa shape index (κ3) is 4.02. The molecule has 0 saturated heterocycles. The molecule has 0 saturated carbocycles. The molecule has 0 spiro atoms. The van der Waals surface area contributed by atoms with Crippen LogP contribution in [0.15, 0.2) is 24.3 Å². The molecule has 0 fully saturated rings. The lowest BCUT2D eigenvalue weighted by Crippen LogP contribution is -1.93. The number of aldehydes is 1. The third-order valence-electron chi connectivity index (χ3n) is 2.87. The molecule has 92 valence electrons. The highest BCUT2D eigenvalue weighted by atomic mass is 16.5. The number of benzene rings is 1. The van der Waals surface area contributed by atoms with E-state index in [2.05, 4.69) is 29.0 Å². The van der Waals surface area contributed by atoms with E-state index < -0.39 is 0 Å². The zero-order chi connectivity index (χ0) is 12.5. The smallest absolute Gasteiger partial charge is 0.293 e. The molecule has 0 bridgehead atoms. The van der Waals surface area contributed by atoms with Gasteiger partial charge >= 0.3 is 0 Å². The Labute approximate surface area is 102 Å². The first-order chi connectivity index (χ1) is 8.33. The lowest BCUT2D eigenvalue weighted by Gasteiger charge is -2.05. The van der Waals surface area contributed by atoms with Crippen molar-refractivity contribution < 1.29 is 14.3 Å². The molecule has 0 radical (unpaired) electrons. The van der Waals surface area contributed by atoms with E-state index in [1.54, 1.807) is 6.92 Å². The fourth-order valence-corrected chi connectivity index (χ4v) is 2.07. The molecule has 17 heavy (non-hydrogen) atoms. The molecule has 0 heterocycles. The molecule has 1 unspecified atom stereocenters. The van der Waals surface area contributed by atoms with Gasteiger partial charge in [0.1, 0.15) is 6.29 Å². The maximum Gasteiger partial charge on any atom is 0.293 e. The van der Waals surface area contributed by atoms with E-state index in [0.29, 0.717) is 25.4 Å². The van der Waals surface area contributed by atoms with Crippen LogP contribution in [0.5, 0.6) is 0 Å². The maximum absolute atomic E-state index is 10.4. The monoisotopic (exact) mass is 234 g/mol. The molecule has 0 aromatic heterocycles. The second-order valence-corrected chi connectivity index (χ2v) is 3.89. The van der Waals surface area contributed by atoms with E-state index in [9.17, 15) is 9.59 Å². The van der Waals surface area contributed by atoms with Gasteiger partial charge in [0.05, 0.1) is 6.61 Å². The number of hydrogen-bond acceptors (Lipinski definition) is 3. The van der Waals surface area contributed by atoms with Gasteiger partial charge in [-0.05, 0) is 36.8 Å². The van der Waals surface area contributed by atoms with Crippen molar-refractivity contribution in [3.63, 3.8) is 0 Å². The Morgan fingerprint density at radius 2 is 2.12 bits per heavy atom. The summed E-state index contributed by atoms with van der Waals surface area (Å²) in [6, 6.07) is 8.45. The minimum atomic E-state index is 0.431. The van der Waals surface area contributed by atoms with Gasteiger partial charge in [-0.3, -0.25) is 4.79 Å². The fourth-order valence-electron chi connectivity index (χ4n) is 2.07. The van der Waals surface area contributed by atoms with Crippen LogP contribution in [0.1, 0.15) is 36.8 Å². The zero-order valence-corrected chi connectivity index (χ0v) is 10.1. The number of carbonyl (C=O) groups excluding carboxylic acids is 2. The summed E-state index contributed by atoms with van der Waals surface area (Å²) in [5, 5.41) is 0. The van der Waals surface area contributed by atoms with Gasteiger partial charge in [-0.1, -0.05) is 24.3 Å². The average molecular weight is 234 g/mol. The first-order valence-corrected chi connectivity index (χ1v) is 5.90. The van der Waals surface area contributed by atoms with Gasteiger partial charge in [-0.2, -0.15) is 0 Å². The summed E-state index contributed by atoms with van der Waals surface area (Å²) in [5.74, 6) is 0.499. The zero-order valence-electron chi connectivity index (χ0n) is 10.1. The van der Waals surface area contributed by atoms with Gasteiger partial charge in [0.15, 0.2) is 0 Å². The third-order valence-corrected chi connectivity index (χ3v) is 2.87. The maximum atomic E-state index is 10.4. The Kier molecular flexibility index (Phi) is 6.00. The molecule has 1 atom stereocenters. The first kappa shape index (κ1) is 13.4. The largest absolute Gasteiger partial charge is 0.468 e. The number of ether oxygens (including phenoxy) is 1. The van der Waals surface area contributed by atoms with Crippen molar-refractivity contribution in [1.82, 2.24) is 0 Å². The average Bonchev–Trinajstić information content (AvgIpc) is 2.76. The number of aryl methyl sites for hydroxylation is 1. The molecule has 3 nitrogen and oxygen atoms in total. The number of rotatable bonds is 4. The van der Waals surface area contributed by atoms with Gasteiger partial charge in [0.25, 0.3) is 6.47 Å². The lowest BCUT2D eigenvalue weighted by atomic mass is 9.99. The van der Waals surface area contributed by atoms with Gasteiger partial charge in [0.2, 0.25) is 0 Å². The van der Waals surface area contributed by atoms with Crippen molar-refractivity contribution in [2.24, 2.45) is 0 Å². The lowest BCUT2D eigenvalue weighted by molar-refractivity contribution is -0.128. The highest BCUT2D eigenvalue weighted by Gasteiger charge is 2.20. The molecule has 0 aliphatic heterocycles. The van der Waals surface area contributed by atoms with Gasteiger partial charge in [-0.15, -0.1) is 0 Å². The van der Waals surface area contributed by atoms with Crippen LogP contribution in [0.4, 0.5) is 0 Å². The van der Waals surface area contributed by atoms with Gasteiger partial charge < -0.3 is 9.53 Å². The summed E-state index contributed by atoms with van der Waals surface area (Å²) < 4.78 is 4.15. The predicted molar refractivity (Wildman–Crippen MR) is 65.9 cm³/mol. The van der Waals surface area contributed by atoms with Crippen molar-refractivity contribution >= 4 is 12.8 Å². The minimum Gasteiger partial charge on any atom is -0.468 e. The Hall–Kier alpha value is -1.64. The molecule has 1 aliphatic carbocycles. The second-order valence-electron chi connectivity index (χ2n) is 3.89. The molecule has 1 aliphatic rings. The summed E-state index contributed by atoms with van der Waals surface area (Å²) in [6.45, 7) is 2.66. The van der Waals surface area contributed by atoms with Crippen LogP contribution in [0.3, 0.4) is 0 Å². The van der Waals surface area contributed by atoms with Crippen LogP contribution in [-0.2, 0) is 20.7 Å². The van der Waals surface area contributed by atoms with Crippen LogP contribution in [0.25, 0.3) is 0 Å². The molecular formula is C14H18O3. The van der Waals surface area contributed by atoms with Crippen LogP contribution < -0.4 is 0 Å². The van der Waals surface area contributed by atoms with E-state index in [-0.39, 0.29) is 0 Å². The molecule has 0 N–H and O–H groups in total.